The molecule has 5 heteroatoms. The van der Waals surface area contributed by atoms with E-state index in [0.29, 0.717) is 11.8 Å². The second-order valence-electron chi connectivity index (χ2n) is 6.60. The maximum absolute atomic E-state index is 9.89. The number of hydrogen-bond donors (Lipinski definition) is 2. The number of anilines is 1. The standard InChI is InChI=1S/C20H23N3O2/c1-25-17-13-14(10-11-16(17)24)19-20(21-15-7-3-2-4-8-15)23-12-6-5-9-18(23)22-19/h5-6,9-13,15,21,24H,2-4,7-8H2,1H3. The van der Waals surface area contributed by atoms with Gasteiger partial charge in [0.05, 0.1) is 7.11 Å². The Balaban J connectivity index is 1.80. The Morgan fingerprint density at radius 3 is 2.80 bits per heavy atom. The van der Waals surface area contributed by atoms with Gasteiger partial charge in [-0.05, 0) is 43.2 Å². The van der Waals surface area contributed by atoms with Crippen molar-refractivity contribution in [3.63, 3.8) is 0 Å². The number of aromatic hydroxyl groups is 1. The molecule has 0 unspecified atom stereocenters. The molecule has 0 bridgehead atoms. The van der Waals surface area contributed by atoms with Crippen LogP contribution in [0.25, 0.3) is 16.9 Å². The van der Waals surface area contributed by atoms with Gasteiger partial charge in [0.2, 0.25) is 0 Å². The van der Waals surface area contributed by atoms with Crippen LogP contribution < -0.4 is 10.1 Å². The number of hydrogen-bond acceptors (Lipinski definition) is 4. The molecule has 0 aliphatic heterocycles. The van der Waals surface area contributed by atoms with E-state index in [1.165, 1.54) is 32.1 Å². The summed E-state index contributed by atoms with van der Waals surface area (Å²) in [6.45, 7) is 0. The van der Waals surface area contributed by atoms with Gasteiger partial charge in [-0.25, -0.2) is 4.98 Å². The van der Waals surface area contributed by atoms with Crippen LogP contribution in [-0.2, 0) is 0 Å². The number of aromatic nitrogens is 2. The molecule has 2 heterocycles. The summed E-state index contributed by atoms with van der Waals surface area (Å²) in [5.74, 6) is 1.60. The molecule has 1 aromatic carbocycles. The number of methoxy groups -OCH3 is 1. The SMILES string of the molecule is COc1cc(-c2nc3ccccn3c2NC2CCCCC2)ccc1O. The predicted octanol–water partition coefficient (Wildman–Crippen LogP) is 4.46. The number of benzene rings is 1. The molecule has 1 aliphatic rings. The lowest BCUT2D eigenvalue weighted by Crippen LogP contribution is -2.23. The molecule has 0 radical (unpaired) electrons. The molecule has 0 spiro atoms. The van der Waals surface area contributed by atoms with E-state index in [9.17, 15) is 5.11 Å². The van der Waals surface area contributed by atoms with Gasteiger partial charge < -0.3 is 15.2 Å². The second kappa shape index (κ2) is 6.67. The Bertz CT molecular complexity index is 882. The van der Waals surface area contributed by atoms with Crippen molar-refractivity contribution in [2.45, 2.75) is 38.1 Å². The van der Waals surface area contributed by atoms with Gasteiger partial charge in [-0.1, -0.05) is 25.3 Å². The van der Waals surface area contributed by atoms with Crippen LogP contribution in [0.4, 0.5) is 5.82 Å². The highest BCUT2D eigenvalue weighted by atomic mass is 16.5. The van der Waals surface area contributed by atoms with Crippen molar-refractivity contribution >= 4 is 11.5 Å². The van der Waals surface area contributed by atoms with Crippen molar-refractivity contribution in [1.82, 2.24) is 9.38 Å². The van der Waals surface area contributed by atoms with Gasteiger partial charge in [0, 0.05) is 17.8 Å². The number of phenolic OH excluding ortho intramolecular Hbond substituents is 1. The minimum absolute atomic E-state index is 0.136. The molecule has 2 N–H and O–H groups in total. The molecule has 2 aromatic heterocycles. The molecule has 0 saturated heterocycles. The number of nitrogens with zero attached hydrogens (tertiary/aromatic N) is 2. The first kappa shape index (κ1) is 15.8. The number of imidazole rings is 1. The van der Waals surface area contributed by atoms with Gasteiger partial charge in [-0.15, -0.1) is 0 Å². The first-order chi connectivity index (χ1) is 12.3. The quantitative estimate of drug-likeness (QED) is 0.738. The molecule has 0 amide bonds. The van der Waals surface area contributed by atoms with Gasteiger partial charge in [-0.3, -0.25) is 4.40 Å². The molecule has 1 saturated carbocycles. The van der Waals surface area contributed by atoms with E-state index < -0.39 is 0 Å². The average molecular weight is 337 g/mol. The molecule has 5 nitrogen and oxygen atoms in total. The largest absolute Gasteiger partial charge is 0.504 e. The zero-order valence-electron chi connectivity index (χ0n) is 14.4. The molecule has 4 rings (SSSR count). The van der Waals surface area contributed by atoms with Crippen molar-refractivity contribution in [3.05, 3.63) is 42.6 Å². The Kier molecular flexibility index (Phi) is 4.22. The molecular weight excluding hydrogens is 314 g/mol. The van der Waals surface area contributed by atoms with Gasteiger partial charge in [-0.2, -0.15) is 0 Å². The number of nitrogens with one attached hydrogen (secondary N) is 1. The van der Waals surface area contributed by atoms with Crippen molar-refractivity contribution in [1.29, 1.82) is 0 Å². The first-order valence-electron chi connectivity index (χ1n) is 8.87. The van der Waals surface area contributed by atoms with Crippen LogP contribution in [0.1, 0.15) is 32.1 Å². The van der Waals surface area contributed by atoms with Crippen LogP contribution >= 0.6 is 0 Å². The van der Waals surface area contributed by atoms with Crippen molar-refractivity contribution in [2.75, 3.05) is 12.4 Å². The summed E-state index contributed by atoms with van der Waals surface area (Å²) in [7, 11) is 1.56. The van der Waals surface area contributed by atoms with Crippen LogP contribution in [0.15, 0.2) is 42.6 Å². The van der Waals surface area contributed by atoms with Gasteiger partial charge in [0.25, 0.3) is 0 Å². The molecule has 0 atom stereocenters. The number of phenols is 1. The van der Waals surface area contributed by atoms with E-state index in [2.05, 4.69) is 9.72 Å². The van der Waals surface area contributed by atoms with Crippen molar-refractivity contribution in [2.24, 2.45) is 0 Å². The third kappa shape index (κ3) is 3.02. The normalized spacial score (nSPS) is 15.4. The number of rotatable bonds is 4. The maximum Gasteiger partial charge on any atom is 0.161 e. The predicted molar refractivity (Wildman–Crippen MR) is 99.3 cm³/mol. The fraction of sp³-hybridized carbons (Fsp3) is 0.350. The summed E-state index contributed by atoms with van der Waals surface area (Å²) in [5, 5.41) is 13.6. The van der Waals surface area contributed by atoms with E-state index in [-0.39, 0.29) is 5.75 Å². The Labute approximate surface area is 147 Å². The summed E-state index contributed by atoms with van der Waals surface area (Å²) < 4.78 is 7.37. The van der Waals surface area contributed by atoms with Crippen LogP contribution in [0.2, 0.25) is 0 Å². The Morgan fingerprint density at radius 2 is 2.00 bits per heavy atom. The van der Waals surface area contributed by atoms with E-state index in [0.717, 1.165) is 22.7 Å². The van der Waals surface area contributed by atoms with Crippen LogP contribution in [0.5, 0.6) is 11.5 Å². The molecule has 1 aliphatic carbocycles. The van der Waals surface area contributed by atoms with Gasteiger partial charge in [0.15, 0.2) is 11.5 Å². The third-order valence-electron chi connectivity index (χ3n) is 4.93. The lowest BCUT2D eigenvalue weighted by Gasteiger charge is -2.24. The zero-order valence-corrected chi connectivity index (χ0v) is 14.4. The first-order valence-corrected chi connectivity index (χ1v) is 8.87. The monoisotopic (exact) mass is 337 g/mol. The summed E-state index contributed by atoms with van der Waals surface area (Å²) >= 11 is 0. The zero-order chi connectivity index (χ0) is 17.2. The molecule has 25 heavy (non-hydrogen) atoms. The maximum atomic E-state index is 9.89. The topological polar surface area (TPSA) is 58.8 Å². The Hall–Kier alpha value is -2.69. The minimum Gasteiger partial charge on any atom is -0.504 e. The Morgan fingerprint density at radius 1 is 1.16 bits per heavy atom. The van der Waals surface area contributed by atoms with Gasteiger partial charge >= 0.3 is 0 Å². The highest BCUT2D eigenvalue weighted by Gasteiger charge is 2.20. The highest BCUT2D eigenvalue weighted by molar-refractivity contribution is 5.78. The van der Waals surface area contributed by atoms with Crippen LogP contribution in [0, 0.1) is 0 Å². The summed E-state index contributed by atoms with van der Waals surface area (Å²) in [6.07, 6.45) is 8.30. The fourth-order valence-corrected chi connectivity index (χ4v) is 3.60. The highest BCUT2D eigenvalue weighted by Crippen LogP contribution is 2.36. The third-order valence-corrected chi connectivity index (χ3v) is 4.93. The molecular formula is C20H23N3O2. The number of fused-ring (bicyclic) bond motifs is 1. The smallest absolute Gasteiger partial charge is 0.161 e. The fourth-order valence-electron chi connectivity index (χ4n) is 3.60. The molecule has 1 fully saturated rings. The minimum atomic E-state index is 0.136. The number of ether oxygens (including phenoxy) is 1. The van der Waals surface area contributed by atoms with E-state index in [1.54, 1.807) is 13.2 Å². The molecule has 3 aromatic rings. The van der Waals surface area contributed by atoms with Gasteiger partial charge in [0.1, 0.15) is 17.2 Å². The van der Waals surface area contributed by atoms with Crippen LogP contribution in [0.3, 0.4) is 0 Å². The van der Waals surface area contributed by atoms with Crippen molar-refractivity contribution in [3.8, 4) is 22.8 Å². The van der Waals surface area contributed by atoms with Crippen molar-refractivity contribution < 1.29 is 9.84 Å². The lowest BCUT2D eigenvalue weighted by molar-refractivity contribution is 0.373. The summed E-state index contributed by atoms with van der Waals surface area (Å²) in [6, 6.07) is 11.9. The molecule has 130 valence electrons. The van der Waals surface area contributed by atoms with E-state index in [1.807, 2.05) is 36.5 Å². The lowest BCUT2D eigenvalue weighted by atomic mass is 9.95. The average Bonchev–Trinajstić information content (AvgIpc) is 3.02. The van der Waals surface area contributed by atoms with E-state index in [4.69, 9.17) is 9.72 Å². The second-order valence-corrected chi connectivity index (χ2v) is 6.60. The summed E-state index contributed by atoms with van der Waals surface area (Å²) in [5.41, 5.74) is 2.72. The van der Waals surface area contributed by atoms with E-state index >= 15 is 0 Å². The van der Waals surface area contributed by atoms with Crippen LogP contribution in [-0.4, -0.2) is 27.6 Å². The number of pyridine rings is 1. The summed E-state index contributed by atoms with van der Waals surface area (Å²) in [4.78, 5) is 4.82.